The minimum absolute atomic E-state index is 0.214. The van der Waals surface area contributed by atoms with E-state index >= 15 is 0 Å². The Kier molecular flexibility index (Phi) is 6.24. The molecule has 10 heteroatoms. The van der Waals surface area contributed by atoms with Crippen LogP contribution >= 0.6 is 23.2 Å². The van der Waals surface area contributed by atoms with Gasteiger partial charge in [0.25, 0.3) is 0 Å². The van der Waals surface area contributed by atoms with Crippen molar-refractivity contribution < 1.29 is 0 Å². The van der Waals surface area contributed by atoms with Gasteiger partial charge in [0.15, 0.2) is 0 Å². The van der Waals surface area contributed by atoms with Crippen LogP contribution in [0.25, 0.3) is 10.9 Å². The molecule has 2 aromatic carbocycles. The van der Waals surface area contributed by atoms with Crippen molar-refractivity contribution in [1.29, 1.82) is 5.26 Å². The lowest BCUT2D eigenvalue weighted by atomic mass is 9.69. The van der Waals surface area contributed by atoms with Gasteiger partial charge in [-0.3, -0.25) is 4.98 Å². The van der Waals surface area contributed by atoms with Gasteiger partial charge < -0.3 is 10.6 Å². The molecule has 2 radical (unpaired) electrons. The number of nitrogens with one attached hydrogen (secondary N) is 2. The topological polar surface area (TPSA) is 91.5 Å². The summed E-state index contributed by atoms with van der Waals surface area (Å²) in [6.07, 6.45) is 9.14. The number of nitrogens with zero attached hydrogens (tertiary/aromatic N) is 5. The van der Waals surface area contributed by atoms with Crippen LogP contribution in [0, 0.1) is 16.7 Å². The van der Waals surface area contributed by atoms with Gasteiger partial charge in [0.2, 0.25) is 0 Å². The normalized spacial score (nSPS) is 17.8. The standard InChI is InChI=1S/C28H26BCl2N7/c1-27(9-4-10-27)16-34-25-17(13-32)14-33-26-20(25)11-18(12-23(26)31)35-28(29,21-5-2-3-6-22(21)30)24-15-38(37-36-24)19-7-8-19/h2-3,5-6,11-12,14-15,19,35H,4,7-10,16H2,1H3,(H,33,34). The molecule has 0 aliphatic heterocycles. The number of nitriles is 1. The van der Waals surface area contributed by atoms with Crippen LogP contribution in [-0.2, 0) is 5.44 Å². The summed E-state index contributed by atoms with van der Waals surface area (Å²) >= 11 is 13.4. The molecule has 2 aromatic heterocycles. The van der Waals surface area contributed by atoms with Gasteiger partial charge in [0.05, 0.1) is 39.5 Å². The van der Waals surface area contributed by atoms with E-state index in [1.165, 1.54) is 6.42 Å². The molecule has 190 valence electrons. The van der Waals surface area contributed by atoms with Gasteiger partial charge in [0.1, 0.15) is 19.6 Å². The minimum atomic E-state index is -1.30. The van der Waals surface area contributed by atoms with Gasteiger partial charge >= 0.3 is 0 Å². The summed E-state index contributed by atoms with van der Waals surface area (Å²) < 4.78 is 1.86. The van der Waals surface area contributed by atoms with E-state index in [2.05, 4.69) is 38.9 Å². The second-order valence-electron chi connectivity index (χ2n) is 10.8. The van der Waals surface area contributed by atoms with Crippen molar-refractivity contribution in [3.63, 3.8) is 0 Å². The molecule has 0 bridgehead atoms. The first kappa shape index (κ1) is 25.0. The molecule has 0 saturated heterocycles. The van der Waals surface area contributed by atoms with Crippen LogP contribution in [0.2, 0.25) is 10.0 Å². The zero-order valence-electron chi connectivity index (χ0n) is 21.0. The van der Waals surface area contributed by atoms with Crippen molar-refractivity contribution in [2.45, 2.75) is 50.5 Å². The summed E-state index contributed by atoms with van der Waals surface area (Å²) in [6.45, 7) is 3.03. The second-order valence-corrected chi connectivity index (χ2v) is 11.6. The molecule has 2 heterocycles. The van der Waals surface area contributed by atoms with E-state index in [0.717, 1.165) is 43.3 Å². The average Bonchev–Trinajstić information content (AvgIpc) is 3.61. The summed E-state index contributed by atoms with van der Waals surface area (Å²) in [5, 5.41) is 27.3. The van der Waals surface area contributed by atoms with Gasteiger partial charge in [-0.15, -0.1) is 5.10 Å². The molecule has 4 aromatic rings. The lowest BCUT2D eigenvalue weighted by Crippen LogP contribution is -2.38. The highest BCUT2D eigenvalue weighted by atomic mass is 35.5. The van der Waals surface area contributed by atoms with E-state index < -0.39 is 5.44 Å². The van der Waals surface area contributed by atoms with Crippen molar-refractivity contribution in [1.82, 2.24) is 20.0 Å². The highest BCUT2D eigenvalue weighted by Gasteiger charge is 2.36. The third-order valence-corrected chi connectivity index (χ3v) is 8.39. The molecule has 38 heavy (non-hydrogen) atoms. The Labute approximate surface area is 232 Å². The molecule has 2 aliphatic rings. The summed E-state index contributed by atoms with van der Waals surface area (Å²) in [4.78, 5) is 4.49. The first-order valence-corrected chi connectivity index (χ1v) is 13.6. The number of halogens is 2. The number of pyridine rings is 1. The summed E-state index contributed by atoms with van der Waals surface area (Å²) in [7, 11) is 7.10. The monoisotopic (exact) mass is 541 g/mol. The predicted molar refractivity (Wildman–Crippen MR) is 152 cm³/mol. The van der Waals surface area contributed by atoms with E-state index in [9.17, 15) is 5.26 Å². The van der Waals surface area contributed by atoms with Crippen LogP contribution in [0.15, 0.2) is 48.8 Å². The second kappa shape index (κ2) is 9.48. The Morgan fingerprint density at radius 1 is 1.21 bits per heavy atom. The number of anilines is 2. The molecule has 0 spiro atoms. The Hall–Kier alpha value is -3.28. The maximum atomic E-state index is 9.85. The molecular formula is C28H26BCl2N7. The van der Waals surface area contributed by atoms with E-state index in [0.29, 0.717) is 44.1 Å². The van der Waals surface area contributed by atoms with Crippen molar-refractivity contribution >= 4 is 53.3 Å². The van der Waals surface area contributed by atoms with E-state index in [1.54, 1.807) is 18.3 Å². The Bertz CT molecular complexity index is 1570. The number of aromatic nitrogens is 4. The molecule has 2 fully saturated rings. The maximum absolute atomic E-state index is 9.85. The number of hydrogen-bond donors (Lipinski definition) is 2. The van der Waals surface area contributed by atoms with Crippen LogP contribution in [0.1, 0.15) is 61.9 Å². The van der Waals surface area contributed by atoms with Gasteiger partial charge in [-0.1, -0.05) is 60.0 Å². The summed E-state index contributed by atoms with van der Waals surface area (Å²) in [6, 6.07) is 13.7. The summed E-state index contributed by atoms with van der Waals surface area (Å²) in [5.74, 6) is 0. The fraction of sp³-hybridized carbons (Fsp3) is 0.357. The van der Waals surface area contributed by atoms with Gasteiger partial charge in [-0.05, 0) is 54.9 Å². The predicted octanol–water partition coefficient (Wildman–Crippen LogP) is 6.42. The van der Waals surface area contributed by atoms with E-state index in [-0.39, 0.29) is 5.41 Å². The number of rotatable bonds is 8. The molecule has 0 amide bonds. The van der Waals surface area contributed by atoms with Gasteiger partial charge in [0, 0.05) is 28.8 Å². The summed E-state index contributed by atoms with van der Waals surface area (Å²) in [5.41, 5.74) is 2.54. The molecule has 2 saturated carbocycles. The highest BCUT2D eigenvalue weighted by Crippen LogP contribution is 2.42. The fourth-order valence-electron chi connectivity index (χ4n) is 5.12. The lowest BCUT2D eigenvalue weighted by molar-refractivity contribution is 0.180. The Morgan fingerprint density at radius 2 is 2.00 bits per heavy atom. The van der Waals surface area contributed by atoms with Crippen LogP contribution in [0.3, 0.4) is 0 Å². The fourth-order valence-corrected chi connectivity index (χ4v) is 5.67. The largest absolute Gasteiger partial charge is 0.383 e. The van der Waals surface area contributed by atoms with Crippen molar-refractivity contribution in [3.8, 4) is 6.07 Å². The smallest absolute Gasteiger partial charge is 0.119 e. The van der Waals surface area contributed by atoms with Crippen LogP contribution < -0.4 is 10.6 Å². The molecule has 7 nitrogen and oxygen atoms in total. The molecule has 2 aliphatic carbocycles. The lowest BCUT2D eigenvalue weighted by Gasteiger charge is -2.39. The van der Waals surface area contributed by atoms with Crippen molar-refractivity contribution in [3.05, 3.63) is 75.7 Å². The van der Waals surface area contributed by atoms with Crippen LogP contribution in [-0.4, -0.2) is 34.4 Å². The molecular weight excluding hydrogens is 516 g/mol. The van der Waals surface area contributed by atoms with Crippen molar-refractivity contribution in [2.75, 3.05) is 17.2 Å². The van der Waals surface area contributed by atoms with Gasteiger partial charge in [-0.2, -0.15) is 5.26 Å². The molecule has 6 rings (SSSR count). The number of benzene rings is 2. The minimum Gasteiger partial charge on any atom is -0.383 e. The SMILES string of the molecule is [B]C(Nc1cc(Cl)c2ncc(C#N)c(NCC3(C)CCC3)c2c1)(c1cn(C2CC2)nn1)c1ccccc1Cl. The number of hydrogen-bond acceptors (Lipinski definition) is 6. The van der Waals surface area contributed by atoms with E-state index in [4.69, 9.17) is 31.0 Å². The van der Waals surface area contributed by atoms with Crippen LogP contribution in [0.5, 0.6) is 0 Å². The first-order valence-electron chi connectivity index (χ1n) is 12.8. The number of fused-ring (bicyclic) bond motifs is 1. The molecule has 1 atom stereocenters. The zero-order chi connectivity index (χ0) is 26.5. The average molecular weight is 542 g/mol. The first-order chi connectivity index (χ1) is 18.3. The Balaban J connectivity index is 1.45. The van der Waals surface area contributed by atoms with E-state index in [1.807, 2.05) is 35.1 Å². The van der Waals surface area contributed by atoms with Crippen LogP contribution in [0.4, 0.5) is 11.4 Å². The zero-order valence-corrected chi connectivity index (χ0v) is 22.5. The quantitative estimate of drug-likeness (QED) is 0.250. The highest BCUT2D eigenvalue weighted by molar-refractivity contribution is 6.36. The van der Waals surface area contributed by atoms with Crippen molar-refractivity contribution in [2.24, 2.45) is 5.41 Å². The van der Waals surface area contributed by atoms with Gasteiger partial charge in [-0.25, -0.2) is 4.68 Å². The maximum Gasteiger partial charge on any atom is 0.119 e. The Morgan fingerprint density at radius 3 is 2.68 bits per heavy atom. The third-order valence-electron chi connectivity index (χ3n) is 7.77. The molecule has 2 N–H and O–H groups in total. The third kappa shape index (κ3) is 4.48. The molecule has 1 unspecified atom stereocenters.